The summed E-state index contributed by atoms with van der Waals surface area (Å²) in [6.45, 7) is 7.49. The van der Waals surface area contributed by atoms with Crippen molar-refractivity contribution >= 4 is 5.91 Å². The molecule has 0 aliphatic rings. The number of carbonyl (C=O) groups excluding carboxylic acids is 1. The summed E-state index contributed by atoms with van der Waals surface area (Å²) in [5, 5.41) is 11.8. The van der Waals surface area contributed by atoms with E-state index in [1.165, 1.54) is 0 Å². The first-order valence-corrected chi connectivity index (χ1v) is 6.63. The van der Waals surface area contributed by atoms with Gasteiger partial charge in [-0.25, -0.2) is 0 Å². The van der Waals surface area contributed by atoms with E-state index in [0.29, 0.717) is 24.9 Å². The molecular weight excluding hydrogens is 216 g/mol. The second-order valence-corrected chi connectivity index (χ2v) is 5.09. The smallest absolute Gasteiger partial charge is 0.224 e. The molecule has 4 nitrogen and oxygen atoms in total. The van der Waals surface area contributed by atoms with Crippen LogP contribution < -0.4 is 11.1 Å². The molecule has 0 aliphatic carbocycles. The van der Waals surface area contributed by atoms with E-state index in [0.717, 1.165) is 19.3 Å². The molecule has 0 bridgehead atoms. The van der Waals surface area contributed by atoms with Crippen LogP contribution in [0.2, 0.25) is 0 Å². The molecule has 2 unspecified atom stereocenters. The summed E-state index contributed by atoms with van der Waals surface area (Å²) in [5.74, 6) is 0.814. The highest BCUT2D eigenvalue weighted by atomic mass is 16.3. The lowest BCUT2D eigenvalue weighted by Crippen LogP contribution is -2.38. The van der Waals surface area contributed by atoms with Crippen LogP contribution in [-0.4, -0.2) is 30.7 Å². The average Bonchev–Trinajstić information content (AvgIpc) is 2.30. The normalized spacial score (nSPS) is 14.7. The van der Waals surface area contributed by atoms with Crippen LogP contribution in [-0.2, 0) is 4.79 Å². The number of hydrogen-bond donors (Lipinski definition) is 3. The van der Waals surface area contributed by atoms with Crippen molar-refractivity contribution in [3.63, 3.8) is 0 Å². The zero-order valence-electron chi connectivity index (χ0n) is 11.4. The van der Waals surface area contributed by atoms with Crippen molar-refractivity contribution < 1.29 is 9.90 Å². The Morgan fingerprint density at radius 1 is 1.41 bits per heavy atom. The van der Waals surface area contributed by atoms with E-state index in [-0.39, 0.29) is 18.4 Å². The van der Waals surface area contributed by atoms with Crippen molar-refractivity contribution in [2.75, 3.05) is 19.7 Å². The summed E-state index contributed by atoms with van der Waals surface area (Å²) in [6, 6.07) is 0. The standard InChI is InChI=1S/C13H28N2O2/c1-4-11(5-6-16)9-15-13(17)12(8-14)7-10(2)3/h10-12,16H,4-9,14H2,1-3H3,(H,15,17). The van der Waals surface area contributed by atoms with Gasteiger partial charge in [0.1, 0.15) is 0 Å². The zero-order chi connectivity index (χ0) is 13.3. The Hall–Kier alpha value is -0.610. The number of aliphatic hydroxyl groups excluding tert-OH is 1. The molecule has 17 heavy (non-hydrogen) atoms. The van der Waals surface area contributed by atoms with E-state index >= 15 is 0 Å². The maximum atomic E-state index is 11.9. The molecule has 4 N–H and O–H groups in total. The molecule has 0 rings (SSSR count). The van der Waals surface area contributed by atoms with Gasteiger partial charge in [0.05, 0.1) is 5.92 Å². The van der Waals surface area contributed by atoms with Crippen LogP contribution in [0.3, 0.4) is 0 Å². The summed E-state index contributed by atoms with van der Waals surface area (Å²) in [4.78, 5) is 11.9. The minimum atomic E-state index is -0.0818. The number of hydrogen-bond acceptors (Lipinski definition) is 3. The van der Waals surface area contributed by atoms with Crippen molar-refractivity contribution in [3.05, 3.63) is 0 Å². The van der Waals surface area contributed by atoms with Crippen molar-refractivity contribution in [3.8, 4) is 0 Å². The SMILES string of the molecule is CCC(CCO)CNC(=O)C(CN)CC(C)C. The summed E-state index contributed by atoms with van der Waals surface area (Å²) in [6.07, 6.45) is 2.55. The monoisotopic (exact) mass is 244 g/mol. The van der Waals surface area contributed by atoms with Crippen LogP contribution in [0.25, 0.3) is 0 Å². The average molecular weight is 244 g/mol. The fourth-order valence-corrected chi connectivity index (χ4v) is 1.90. The quantitative estimate of drug-likeness (QED) is 0.569. The van der Waals surface area contributed by atoms with Crippen LogP contribution in [0.4, 0.5) is 0 Å². The van der Waals surface area contributed by atoms with Crippen LogP contribution in [0.1, 0.15) is 40.0 Å². The molecule has 0 saturated carbocycles. The number of nitrogens with one attached hydrogen (secondary N) is 1. The Morgan fingerprint density at radius 3 is 2.47 bits per heavy atom. The predicted octanol–water partition coefficient (Wildman–Crippen LogP) is 1.13. The van der Waals surface area contributed by atoms with Crippen molar-refractivity contribution in [2.24, 2.45) is 23.5 Å². The van der Waals surface area contributed by atoms with Gasteiger partial charge in [0, 0.05) is 19.7 Å². The predicted molar refractivity (Wildman–Crippen MR) is 70.5 cm³/mol. The zero-order valence-corrected chi connectivity index (χ0v) is 11.4. The summed E-state index contributed by atoms with van der Waals surface area (Å²) in [5.41, 5.74) is 5.62. The minimum absolute atomic E-state index is 0.0533. The lowest BCUT2D eigenvalue weighted by Gasteiger charge is -2.19. The summed E-state index contributed by atoms with van der Waals surface area (Å²) < 4.78 is 0. The highest BCUT2D eigenvalue weighted by molar-refractivity contribution is 5.78. The molecule has 102 valence electrons. The molecule has 0 heterocycles. The van der Waals surface area contributed by atoms with Crippen LogP contribution in [0.5, 0.6) is 0 Å². The third kappa shape index (κ3) is 7.34. The van der Waals surface area contributed by atoms with Crippen molar-refractivity contribution in [1.29, 1.82) is 0 Å². The van der Waals surface area contributed by atoms with Crippen molar-refractivity contribution in [1.82, 2.24) is 5.32 Å². The van der Waals surface area contributed by atoms with E-state index in [1.807, 2.05) is 0 Å². The van der Waals surface area contributed by atoms with Gasteiger partial charge >= 0.3 is 0 Å². The lowest BCUT2D eigenvalue weighted by atomic mass is 9.96. The minimum Gasteiger partial charge on any atom is -0.396 e. The largest absolute Gasteiger partial charge is 0.396 e. The van der Waals surface area contributed by atoms with E-state index in [4.69, 9.17) is 10.8 Å². The second-order valence-electron chi connectivity index (χ2n) is 5.09. The topological polar surface area (TPSA) is 75.3 Å². The Balaban J connectivity index is 4.04. The first kappa shape index (κ1) is 16.4. The Labute approximate surface area is 105 Å². The number of aliphatic hydroxyl groups is 1. The molecule has 0 fully saturated rings. The first-order chi connectivity index (χ1) is 8.04. The van der Waals surface area contributed by atoms with Crippen LogP contribution >= 0.6 is 0 Å². The van der Waals surface area contributed by atoms with Gasteiger partial charge in [-0.3, -0.25) is 4.79 Å². The molecule has 0 aliphatic heterocycles. The van der Waals surface area contributed by atoms with E-state index in [9.17, 15) is 4.79 Å². The summed E-state index contributed by atoms with van der Waals surface area (Å²) in [7, 11) is 0. The van der Waals surface area contributed by atoms with Gasteiger partial charge in [-0.2, -0.15) is 0 Å². The van der Waals surface area contributed by atoms with Gasteiger partial charge in [-0.1, -0.05) is 27.2 Å². The molecule has 0 aromatic rings. The Morgan fingerprint density at radius 2 is 2.06 bits per heavy atom. The van der Waals surface area contributed by atoms with Gasteiger partial charge in [0.25, 0.3) is 0 Å². The number of amides is 1. The van der Waals surface area contributed by atoms with Crippen LogP contribution in [0.15, 0.2) is 0 Å². The fourth-order valence-electron chi connectivity index (χ4n) is 1.90. The first-order valence-electron chi connectivity index (χ1n) is 6.63. The second kappa shape index (κ2) is 9.42. The van der Waals surface area contributed by atoms with E-state index in [2.05, 4.69) is 26.1 Å². The molecule has 0 radical (unpaired) electrons. The van der Waals surface area contributed by atoms with Gasteiger partial charge in [0.15, 0.2) is 0 Å². The number of carbonyl (C=O) groups is 1. The third-order valence-corrected chi connectivity index (χ3v) is 3.09. The molecule has 2 atom stereocenters. The Kier molecular flexibility index (Phi) is 9.09. The highest BCUT2D eigenvalue weighted by Crippen LogP contribution is 2.11. The highest BCUT2D eigenvalue weighted by Gasteiger charge is 2.18. The van der Waals surface area contributed by atoms with Crippen LogP contribution in [0, 0.1) is 17.8 Å². The maximum Gasteiger partial charge on any atom is 0.224 e. The summed E-state index contributed by atoms with van der Waals surface area (Å²) >= 11 is 0. The molecule has 0 aromatic carbocycles. The molecule has 1 amide bonds. The number of nitrogens with two attached hydrogens (primary N) is 1. The molecule has 0 saturated heterocycles. The molecule has 0 spiro atoms. The van der Waals surface area contributed by atoms with Gasteiger partial charge < -0.3 is 16.2 Å². The molecular formula is C13H28N2O2. The van der Waals surface area contributed by atoms with Gasteiger partial charge in [-0.15, -0.1) is 0 Å². The van der Waals surface area contributed by atoms with Gasteiger partial charge in [-0.05, 0) is 24.7 Å². The number of rotatable bonds is 9. The fraction of sp³-hybridized carbons (Fsp3) is 0.923. The molecule has 0 aromatic heterocycles. The maximum absolute atomic E-state index is 11.9. The Bertz CT molecular complexity index is 208. The van der Waals surface area contributed by atoms with E-state index < -0.39 is 0 Å². The molecule has 4 heteroatoms. The lowest BCUT2D eigenvalue weighted by molar-refractivity contribution is -0.125. The van der Waals surface area contributed by atoms with Crippen molar-refractivity contribution in [2.45, 2.75) is 40.0 Å². The van der Waals surface area contributed by atoms with Gasteiger partial charge in [0.2, 0.25) is 5.91 Å². The van der Waals surface area contributed by atoms with E-state index in [1.54, 1.807) is 0 Å². The third-order valence-electron chi connectivity index (χ3n) is 3.09.